The predicted octanol–water partition coefficient (Wildman–Crippen LogP) is 3.88. The lowest BCUT2D eigenvalue weighted by atomic mass is 9.92. The molecule has 0 unspecified atom stereocenters. The molecular weight excluding hydrogens is 410 g/mol. The molecule has 8 nitrogen and oxygen atoms in total. The van der Waals surface area contributed by atoms with E-state index in [9.17, 15) is 4.79 Å². The molecular formula is C22H23N7OS. The van der Waals surface area contributed by atoms with Crippen LogP contribution in [0.25, 0.3) is 11.4 Å². The van der Waals surface area contributed by atoms with Crippen molar-refractivity contribution >= 4 is 23.5 Å². The predicted molar refractivity (Wildman–Crippen MR) is 121 cm³/mol. The van der Waals surface area contributed by atoms with Crippen molar-refractivity contribution in [2.45, 2.75) is 31.3 Å². The van der Waals surface area contributed by atoms with E-state index >= 15 is 0 Å². The van der Waals surface area contributed by atoms with Crippen LogP contribution in [-0.4, -0.2) is 41.6 Å². The van der Waals surface area contributed by atoms with E-state index in [0.717, 1.165) is 17.1 Å². The molecule has 0 radical (unpaired) electrons. The Hall–Kier alpha value is -3.46. The van der Waals surface area contributed by atoms with Gasteiger partial charge in [-0.3, -0.25) is 4.79 Å². The number of thioether (sulfide) groups is 1. The zero-order valence-electron chi connectivity index (χ0n) is 17.6. The average molecular weight is 434 g/mol. The van der Waals surface area contributed by atoms with Crippen molar-refractivity contribution in [1.82, 2.24) is 30.0 Å². The van der Waals surface area contributed by atoms with Gasteiger partial charge in [0.1, 0.15) is 5.82 Å². The minimum absolute atomic E-state index is 0.147. The molecule has 0 aliphatic rings. The number of nitrogens with one attached hydrogen (secondary N) is 1. The highest BCUT2D eigenvalue weighted by Crippen LogP contribution is 2.26. The maximum absolute atomic E-state index is 12.7. The van der Waals surface area contributed by atoms with E-state index in [1.807, 2.05) is 66.7 Å². The molecule has 2 heterocycles. The van der Waals surface area contributed by atoms with Crippen LogP contribution in [0.3, 0.4) is 0 Å². The van der Waals surface area contributed by atoms with Gasteiger partial charge in [-0.05, 0) is 34.7 Å². The smallest absolute Gasteiger partial charge is 0.236 e. The SMILES string of the molecule is CC(C)(C)c1cc(NC(=O)CSc2nnnn2-c2ccccc2)n(-c2ccccc2)n1. The van der Waals surface area contributed by atoms with Crippen molar-refractivity contribution in [3.05, 3.63) is 72.4 Å². The Morgan fingerprint density at radius 2 is 1.58 bits per heavy atom. The first-order valence-electron chi connectivity index (χ1n) is 9.84. The van der Waals surface area contributed by atoms with E-state index in [1.165, 1.54) is 11.8 Å². The summed E-state index contributed by atoms with van der Waals surface area (Å²) in [5.41, 5.74) is 2.47. The topological polar surface area (TPSA) is 90.5 Å². The lowest BCUT2D eigenvalue weighted by Crippen LogP contribution is -2.17. The van der Waals surface area contributed by atoms with Crippen molar-refractivity contribution in [2.75, 3.05) is 11.1 Å². The minimum Gasteiger partial charge on any atom is -0.310 e. The van der Waals surface area contributed by atoms with Gasteiger partial charge in [-0.25, -0.2) is 4.68 Å². The number of carbonyl (C=O) groups is 1. The van der Waals surface area contributed by atoms with Crippen LogP contribution in [0, 0.1) is 0 Å². The van der Waals surface area contributed by atoms with Gasteiger partial charge >= 0.3 is 0 Å². The Morgan fingerprint density at radius 3 is 2.19 bits per heavy atom. The van der Waals surface area contributed by atoms with Crippen molar-refractivity contribution in [3.63, 3.8) is 0 Å². The van der Waals surface area contributed by atoms with Crippen LogP contribution in [-0.2, 0) is 10.2 Å². The van der Waals surface area contributed by atoms with E-state index in [-0.39, 0.29) is 17.1 Å². The molecule has 0 bridgehead atoms. The molecule has 2 aromatic carbocycles. The van der Waals surface area contributed by atoms with E-state index in [2.05, 4.69) is 41.6 Å². The fourth-order valence-electron chi connectivity index (χ4n) is 2.91. The van der Waals surface area contributed by atoms with E-state index < -0.39 is 0 Å². The maximum atomic E-state index is 12.7. The third-order valence-corrected chi connectivity index (χ3v) is 5.44. The molecule has 0 saturated carbocycles. The van der Waals surface area contributed by atoms with Crippen LogP contribution in [0.15, 0.2) is 71.9 Å². The summed E-state index contributed by atoms with van der Waals surface area (Å²) >= 11 is 1.28. The normalized spacial score (nSPS) is 11.5. The molecule has 0 spiro atoms. The summed E-state index contributed by atoms with van der Waals surface area (Å²) in [6, 6.07) is 21.2. The van der Waals surface area contributed by atoms with E-state index in [0.29, 0.717) is 11.0 Å². The van der Waals surface area contributed by atoms with Crippen molar-refractivity contribution < 1.29 is 4.79 Å². The molecule has 0 fully saturated rings. The molecule has 0 atom stereocenters. The summed E-state index contributed by atoms with van der Waals surface area (Å²) in [5, 5.41) is 20.1. The fraction of sp³-hybridized carbons (Fsp3) is 0.227. The number of hydrogen-bond donors (Lipinski definition) is 1. The third-order valence-electron chi connectivity index (χ3n) is 4.52. The number of benzene rings is 2. The molecule has 9 heteroatoms. The monoisotopic (exact) mass is 433 g/mol. The average Bonchev–Trinajstić information content (AvgIpc) is 3.40. The first-order valence-corrected chi connectivity index (χ1v) is 10.8. The molecule has 2 aromatic heterocycles. The van der Waals surface area contributed by atoms with Crippen LogP contribution in [0.4, 0.5) is 5.82 Å². The Balaban J connectivity index is 1.51. The lowest BCUT2D eigenvalue weighted by Gasteiger charge is -2.14. The number of nitrogens with zero attached hydrogens (tertiary/aromatic N) is 6. The van der Waals surface area contributed by atoms with Crippen molar-refractivity contribution in [1.29, 1.82) is 0 Å². The summed E-state index contributed by atoms with van der Waals surface area (Å²) in [4.78, 5) is 12.7. The molecule has 4 aromatic rings. The third kappa shape index (κ3) is 4.83. The van der Waals surface area contributed by atoms with Gasteiger partial charge in [0.15, 0.2) is 0 Å². The number of tetrazole rings is 1. The number of aromatic nitrogens is 6. The molecule has 158 valence electrons. The van der Waals surface area contributed by atoms with Gasteiger partial charge < -0.3 is 5.32 Å². The highest BCUT2D eigenvalue weighted by molar-refractivity contribution is 7.99. The Labute approximate surface area is 184 Å². The molecule has 0 saturated heterocycles. The van der Waals surface area contributed by atoms with Crippen LogP contribution >= 0.6 is 11.8 Å². The standard InChI is InChI=1S/C22H23N7OS/c1-22(2,3)18-14-19(28(25-18)16-10-6-4-7-11-16)23-20(30)15-31-21-24-26-27-29(21)17-12-8-5-9-13-17/h4-14H,15H2,1-3H3,(H,23,30). The first-order chi connectivity index (χ1) is 14.9. The Morgan fingerprint density at radius 1 is 0.968 bits per heavy atom. The second kappa shape index (κ2) is 8.73. The summed E-state index contributed by atoms with van der Waals surface area (Å²) in [5.74, 6) is 0.632. The minimum atomic E-state index is -0.162. The zero-order valence-corrected chi connectivity index (χ0v) is 18.4. The van der Waals surface area contributed by atoms with Crippen LogP contribution in [0.2, 0.25) is 0 Å². The summed E-state index contributed by atoms with van der Waals surface area (Å²) in [7, 11) is 0. The van der Waals surface area contributed by atoms with Gasteiger partial charge in [0.2, 0.25) is 11.1 Å². The Bertz CT molecular complexity index is 1160. The van der Waals surface area contributed by atoms with E-state index in [4.69, 9.17) is 5.10 Å². The lowest BCUT2D eigenvalue weighted by molar-refractivity contribution is -0.113. The number of carbonyl (C=O) groups excluding carboxylic acids is 1. The van der Waals surface area contributed by atoms with Crippen molar-refractivity contribution in [3.8, 4) is 11.4 Å². The van der Waals surface area contributed by atoms with E-state index in [1.54, 1.807) is 9.36 Å². The van der Waals surface area contributed by atoms with Crippen LogP contribution in [0.5, 0.6) is 0 Å². The molecule has 0 aliphatic carbocycles. The van der Waals surface area contributed by atoms with Gasteiger partial charge in [0, 0.05) is 11.5 Å². The van der Waals surface area contributed by atoms with Gasteiger partial charge in [0.05, 0.1) is 22.8 Å². The number of rotatable bonds is 6. The zero-order chi connectivity index (χ0) is 21.8. The Kier molecular flexibility index (Phi) is 5.85. The van der Waals surface area contributed by atoms with Gasteiger partial charge in [0.25, 0.3) is 0 Å². The number of anilines is 1. The molecule has 1 N–H and O–H groups in total. The largest absolute Gasteiger partial charge is 0.310 e. The fourth-order valence-corrected chi connectivity index (χ4v) is 3.60. The number of para-hydroxylation sites is 2. The second-order valence-corrected chi connectivity index (χ2v) is 8.90. The summed E-state index contributed by atoms with van der Waals surface area (Å²) in [6.45, 7) is 6.28. The highest BCUT2D eigenvalue weighted by atomic mass is 32.2. The van der Waals surface area contributed by atoms with Crippen LogP contribution < -0.4 is 5.32 Å². The summed E-state index contributed by atoms with van der Waals surface area (Å²) in [6.07, 6.45) is 0. The maximum Gasteiger partial charge on any atom is 0.236 e. The molecule has 0 aliphatic heterocycles. The second-order valence-electron chi connectivity index (χ2n) is 7.96. The highest BCUT2D eigenvalue weighted by Gasteiger charge is 2.22. The van der Waals surface area contributed by atoms with Crippen molar-refractivity contribution in [2.24, 2.45) is 0 Å². The molecule has 31 heavy (non-hydrogen) atoms. The first kappa shape index (κ1) is 20.8. The summed E-state index contributed by atoms with van der Waals surface area (Å²) < 4.78 is 3.38. The number of amides is 1. The van der Waals surface area contributed by atoms with Crippen LogP contribution in [0.1, 0.15) is 26.5 Å². The van der Waals surface area contributed by atoms with Gasteiger partial charge in [-0.1, -0.05) is 68.9 Å². The van der Waals surface area contributed by atoms with Gasteiger partial charge in [-0.2, -0.15) is 9.78 Å². The number of hydrogen-bond acceptors (Lipinski definition) is 6. The molecule has 4 rings (SSSR count). The van der Waals surface area contributed by atoms with Gasteiger partial charge in [-0.15, -0.1) is 5.10 Å². The molecule has 1 amide bonds. The quantitative estimate of drug-likeness (QED) is 0.464.